The Kier molecular flexibility index (Phi) is 2.65. The van der Waals surface area contributed by atoms with Crippen LogP contribution in [0.1, 0.15) is 5.56 Å². The Hall–Kier alpha value is -0.430. The van der Waals surface area contributed by atoms with Gasteiger partial charge in [-0.2, -0.15) is 11.8 Å². The Morgan fingerprint density at radius 1 is 1.67 bits per heavy atom. The fourth-order valence-corrected chi connectivity index (χ4v) is 1.20. The predicted molar refractivity (Wildman–Crippen MR) is 42.5 cm³/mol. The normalized spacial score (nSPS) is 9.44. The van der Waals surface area contributed by atoms with Crippen LogP contribution in [-0.4, -0.2) is 6.26 Å². The summed E-state index contributed by atoms with van der Waals surface area (Å²) in [5, 5.41) is 0. The zero-order valence-corrected chi connectivity index (χ0v) is 6.24. The van der Waals surface area contributed by atoms with Crippen molar-refractivity contribution in [2.75, 3.05) is 6.26 Å². The molecule has 0 nitrogen and oxygen atoms in total. The minimum atomic E-state index is 1.09. The van der Waals surface area contributed by atoms with E-state index >= 15 is 0 Å². The maximum Gasteiger partial charge on any atom is 0.0182 e. The van der Waals surface area contributed by atoms with E-state index in [1.54, 1.807) is 0 Å². The van der Waals surface area contributed by atoms with Crippen LogP contribution in [0.2, 0.25) is 0 Å². The van der Waals surface area contributed by atoms with Crippen LogP contribution >= 0.6 is 11.8 Å². The lowest BCUT2D eigenvalue weighted by atomic mass is 10.2. The van der Waals surface area contributed by atoms with E-state index < -0.39 is 0 Å². The largest absolute Gasteiger partial charge is 0.161 e. The standard InChI is InChI=1S/C8H9S/c1-9-7-8-5-3-2-4-6-8/h2-3,5-6H,7H2,1H3. The molecule has 0 heterocycles. The van der Waals surface area contributed by atoms with Gasteiger partial charge < -0.3 is 0 Å². The number of hydrogen-bond donors (Lipinski definition) is 0. The summed E-state index contributed by atoms with van der Waals surface area (Å²) in [4.78, 5) is 0. The Balaban J connectivity index is 2.61. The van der Waals surface area contributed by atoms with Crippen molar-refractivity contribution in [2.45, 2.75) is 5.75 Å². The van der Waals surface area contributed by atoms with Gasteiger partial charge in [-0.15, -0.1) is 0 Å². The fraction of sp³-hybridized carbons (Fsp3) is 0.250. The molecule has 0 aliphatic carbocycles. The molecule has 0 fully saturated rings. The highest BCUT2D eigenvalue weighted by atomic mass is 32.2. The zero-order valence-electron chi connectivity index (χ0n) is 5.42. The predicted octanol–water partition coefficient (Wildman–Crippen LogP) is 2.35. The second-order valence-electron chi connectivity index (χ2n) is 1.84. The Morgan fingerprint density at radius 3 is 3.11 bits per heavy atom. The van der Waals surface area contributed by atoms with Gasteiger partial charge in [0.05, 0.1) is 0 Å². The quantitative estimate of drug-likeness (QED) is 0.603. The maximum atomic E-state index is 3.03. The van der Waals surface area contributed by atoms with E-state index in [2.05, 4.69) is 18.4 Å². The van der Waals surface area contributed by atoms with Crippen LogP contribution in [0.3, 0.4) is 0 Å². The smallest absolute Gasteiger partial charge is 0.0182 e. The van der Waals surface area contributed by atoms with Crippen LogP contribution in [0.4, 0.5) is 0 Å². The molecular weight excluding hydrogens is 128 g/mol. The minimum absolute atomic E-state index is 1.09. The lowest BCUT2D eigenvalue weighted by Gasteiger charge is -1.93. The van der Waals surface area contributed by atoms with Crippen LogP contribution in [-0.2, 0) is 5.75 Å². The highest BCUT2D eigenvalue weighted by Gasteiger charge is 1.85. The minimum Gasteiger partial charge on any atom is -0.161 e. The first-order chi connectivity index (χ1) is 4.43. The summed E-state index contributed by atoms with van der Waals surface area (Å²) in [7, 11) is 0. The molecule has 0 aliphatic heterocycles. The molecule has 0 N–H and O–H groups in total. The summed E-state index contributed by atoms with van der Waals surface area (Å²) in [6, 6.07) is 11.1. The monoisotopic (exact) mass is 137 g/mol. The van der Waals surface area contributed by atoms with Crippen molar-refractivity contribution in [3.8, 4) is 0 Å². The highest BCUT2D eigenvalue weighted by molar-refractivity contribution is 7.97. The number of hydrogen-bond acceptors (Lipinski definition) is 1. The maximum absolute atomic E-state index is 3.03. The van der Waals surface area contributed by atoms with Crippen LogP contribution in [0.15, 0.2) is 24.3 Å². The van der Waals surface area contributed by atoms with Crippen LogP contribution in [0.25, 0.3) is 0 Å². The zero-order chi connectivity index (χ0) is 6.53. The van der Waals surface area contributed by atoms with Crippen molar-refractivity contribution in [3.63, 3.8) is 0 Å². The molecule has 47 valence electrons. The van der Waals surface area contributed by atoms with E-state index in [0.717, 1.165) is 5.75 Å². The van der Waals surface area contributed by atoms with Crippen molar-refractivity contribution >= 4 is 11.8 Å². The molecule has 0 atom stereocenters. The van der Waals surface area contributed by atoms with Gasteiger partial charge in [-0.25, -0.2) is 0 Å². The number of rotatable bonds is 2. The third-order valence-corrected chi connectivity index (χ3v) is 1.70. The SMILES string of the molecule is CSCc1c[c]ccc1. The van der Waals surface area contributed by atoms with Gasteiger partial charge in [-0.3, -0.25) is 0 Å². The summed E-state index contributed by atoms with van der Waals surface area (Å²) < 4.78 is 0. The Morgan fingerprint density at radius 2 is 2.56 bits per heavy atom. The topological polar surface area (TPSA) is 0 Å². The number of thioether (sulfide) groups is 1. The first kappa shape index (κ1) is 6.69. The lowest BCUT2D eigenvalue weighted by Crippen LogP contribution is -1.75. The second kappa shape index (κ2) is 3.57. The molecule has 0 amide bonds. The molecule has 0 aliphatic rings. The fourth-order valence-electron chi connectivity index (χ4n) is 0.687. The van der Waals surface area contributed by atoms with Crippen molar-refractivity contribution < 1.29 is 0 Å². The van der Waals surface area contributed by atoms with Gasteiger partial charge in [0.2, 0.25) is 0 Å². The van der Waals surface area contributed by atoms with Crippen LogP contribution in [0, 0.1) is 6.07 Å². The van der Waals surface area contributed by atoms with Crippen LogP contribution in [0.5, 0.6) is 0 Å². The molecule has 0 spiro atoms. The summed E-state index contributed by atoms with van der Waals surface area (Å²) >= 11 is 1.83. The molecule has 1 aromatic carbocycles. The van der Waals surface area contributed by atoms with Gasteiger partial charge in [-0.1, -0.05) is 24.3 Å². The third kappa shape index (κ3) is 2.10. The van der Waals surface area contributed by atoms with Gasteiger partial charge in [0, 0.05) is 5.75 Å². The summed E-state index contributed by atoms with van der Waals surface area (Å²) in [5.41, 5.74) is 1.35. The van der Waals surface area contributed by atoms with Crippen molar-refractivity contribution in [1.29, 1.82) is 0 Å². The van der Waals surface area contributed by atoms with Crippen LogP contribution < -0.4 is 0 Å². The third-order valence-electron chi connectivity index (χ3n) is 1.08. The van der Waals surface area contributed by atoms with E-state index in [9.17, 15) is 0 Å². The lowest BCUT2D eigenvalue weighted by molar-refractivity contribution is 1.42. The summed E-state index contributed by atoms with van der Waals surface area (Å²) in [5.74, 6) is 1.09. The average molecular weight is 137 g/mol. The van der Waals surface area contributed by atoms with Gasteiger partial charge in [0.1, 0.15) is 0 Å². The molecule has 9 heavy (non-hydrogen) atoms. The first-order valence-corrected chi connectivity index (χ1v) is 4.27. The molecule has 0 saturated carbocycles. The Labute approximate surface area is 60.3 Å². The molecule has 1 radical (unpaired) electrons. The van der Waals surface area contributed by atoms with Crippen molar-refractivity contribution in [1.82, 2.24) is 0 Å². The van der Waals surface area contributed by atoms with Gasteiger partial charge >= 0.3 is 0 Å². The van der Waals surface area contributed by atoms with Gasteiger partial charge in [0.15, 0.2) is 0 Å². The summed E-state index contributed by atoms with van der Waals surface area (Å²) in [6.45, 7) is 0. The molecule has 1 rings (SSSR count). The molecule has 0 saturated heterocycles. The van der Waals surface area contributed by atoms with E-state index in [4.69, 9.17) is 0 Å². The van der Waals surface area contributed by atoms with E-state index in [1.807, 2.05) is 30.0 Å². The summed E-state index contributed by atoms with van der Waals surface area (Å²) in [6.07, 6.45) is 2.10. The first-order valence-electron chi connectivity index (χ1n) is 2.87. The Bertz CT molecular complexity index is 157. The molecular formula is C8H9S. The van der Waals surface area contributed by atoms with Gasteiger partial charge in [0.25, 0.3) is 0 Å². The molecule has 0 unspecified atom stereocenters. The molecule has 0 aromatic heterocycles. The number of benzene rings is 1. The molecule has 1 heteroatoms. The van der Waals surface area contributed by atoms with E-state index in [-0.39, 0.29) is 0 Å². The van der Waals surface area contributed by atoms with E-state index in [0.29, 0.717) is 0 Å². The molecule has 1 aromatic rings. The van der Waals surface area contributed by atoms with Crippen molar-refractivity contribution in [3.05, 3.63) is 35.9 Å². The second-order valence-corrected chi connectivity index (χ2v) is 2.71. The van der Waals surface area contributed by atoms with Gasteiger partial charge in [-0.05, 0) is 17.9 Å². The highest BCUT2D eigenvalue weighted by Crippen LogP contribution is 2.06. The molecule has 0 bridgehead atoms. The van der Waals surface area contributed by atoms with E-state index in [1.165, 1.54) is 5.56 Å². The average Bonchev–Trinajstić information content (AvgIpc) is 1.91. The van der Waals surface area contributed by atoms with Crippen molar-refractivity contribution in [2.24, 2.45) is 0 Å².